The molecular formula is C14H13BrFN. The van der Waals surface area contributed by atoms with Crippen molar-refractivity contribution in [2.45, 2.75) is 13.5 Å². The summed E-state index contributed by atoms with van der Waals surface area (Å²) in [4.78, 5) is 0. The molecule has 0 spiro atoms. The largest absolute Gasteiger partial charge is 0.381 e. The van der Waals surface area contributed by atoms with Gasteiger partial charge in [-0.25, -0.2) is 4.39 Å². The van der Waals surface area contributed by atoms with E-state index in [1.54, 1.807) is 12.1 Å². The molecule has 0 unspecified atom stereocenters. The van der Waals surface area contributed by atoms with Crippen LogP contribution in [0.25, 0.3) is 0 Å². The predicted molar refractivity (Wildman–Crippen MR) is 72.6 cm³/mol. The lowest BCUT2D eigenvalue weighted by molar-refractivity contribution is 0.613. The zero-order chi connectivity index (χ0) is 12.3. The molecule has 0 heterocycles. The molecule has 0 aliphatic carbocycles. The van der Waals surface area contributed by atoms with Crippen molar-refractivity contribution < 1.29 is 4.39 Å². The van der Waals surface area contributed by atoms with Gasteiger partial charge in [-0.2, -0.15) is 0 Å². The predicted octanol–water partition coefficient (Wildman–Crippen LogP) is 4.51. The van der Waals surface area contributed by atoms with Gasteiger partial charge in [-0.05, 0) is 30.7 Å². The van der Waals surface area contributed by atoms with E-state index in [0.717, 1.165) is 15.7 Å². The minimum Gasteiger partial charge on any atom is -0.381 e. The van der Waals surface area contributed by atoms with Crippen LogP contribution in [0.2, 0.25) is 0 Å². The first kappa shape index (κ1) is 12.1. The molecule has 0 fully saturated rings. The number of halogens is 2. The van der Waals surface area contributed by atoms with Crippen molar-refractivity contribution in [2.75, 3.05) is 5.32 Å². The molecule has 1 nitrogen and oxygen atoms in total. The maximum atomic E-state index is 13.4. The van der Waals surface area contributed by atoms with E-state index in [1.807, 2.05) is 31.2 Å². The second-order valence-electron chi connectivity index (χ2n) is 3.90. The molecule has 0 aromatic heterocycles. The average Bonchev–Trinajstić information content (AvgIpc) is 2.32. The Morgan fingerprint density at radius 1 is 1.18 bits per heavy atom. The Kier molecular flexibility index (Phi) is 3.79. The minimum atomic E-state index is -0.173. The molecular weight excluding hydrogens is 281 g/mol. The maximum absolute atomic E-state index is 13.4. The molecule has 0 atom stereocenters. The van der Waals surface area contributed by atoms with E-state index >= 15 is 0 Å². The molecule has 17 heavy (non-hydrogen) atoms. The summed E-state index contributed by atoms with van der Waals surface area (Å²) in [7, 11) is 0. The van der Waals surface area contributed by atoms with Crippen molar-refractivity contribution in [1.29, 1.82) is 0 Å². The fraction of sp³-hybridized carbons (Fsp3) is 0.143. The Hall–Kier alpha value is -1.35. The summed E-state index contributed by atoms with van der Waals surface area (Å²) >= 11 is 3.42. The van der Waals surface area contributed by atoms with Crippen LogP contribution in [-0.2, 0) is 6.54 Å². The highest BCUT2D eigenvalue weighted by atomic mass is 79.9. The van der Waals surface area contributed by atoms with E-state index in [0.29, 0.717) is 12.1 Å². The first-order valence-corrected chi connectivity index (χ1v) is 6.19. The van der Waals surface area contributed by atoms with E-state index in [-0.39, 0.29) is 5.82 Å². The monoisotopic (exact) mass is 293 g/mol. The summed E-state index contributed by atoms with van der Waals surface area (Å²) in [5.41, 5.74) is 2.83. The number of rotatable bonds is 3. The molecule has 3 heteroatoms. The van der Waals surface area contributed by atoms with Crippen LogP contribution in [0.1, 0.15) is 11.1 Å². The Balaban J connectivity index is 2.12. The van der Waals surface area contributed by atoms with Crippen LogP contribution < -0.4 is 5.32 Å². The van der Waals surface area contributed by atoms with E-state index in [4.69, 9.17) is 0 Å². The summed E-state index contributed by atoms with van der Waals surface area (Å²) in [6.07, 6.45) is 0. The Morgan fingerprint density at radius 3 is 2.71 bits per heavy atom. The van der Waals surface area contributed by atoms with Gasteiger partial charge in [0.1, 0.15) is 5.82 Å². The van der Waals surface area contributed by atoms with Crippen LogP contribution in [0.5, 0.6) is 0 Å². The third-order valence-corrected chi connectivity index (χ3v) is 3.12. The van der Waals surface area contributed by atoms with Gasteiger partial charge in [0.05, 0.1) is 0 Å². The topological polar surface area (TPSA) is 12.0 Å². The summed E-state index contributed by atoms with van der Waals surface area (Å²) in [6.45, 7) is 2.51. The van der Waals surface area contributed by atoms with Crippen molar-refractivity contribution in [2.24, 2.45) is 0 Å². The molecule has 1 N–H and O–H groups in total. The maximum Gasteiger partial charge on any atom is 0.128 e. The third-order valence-electron chi connectivity index (χ3n) is 2.63. The average molecular weight is 294 g/mol. The van der Waals surface area contributed by atoms with Crippen molar-refractivity contribution in [3.63, 3.8) is 0 Å². The summed E-state index contributed by atoms with van der Waals surface area (Å²) in [5, 5.41) is 3.24. The molecule has 0 saturated heterocycles. The van der Waals surface area contributed by atoms with Gasteiger partial charge in [-0.15, -0.1) is 0 Å². The van der Waals surface area contributed by atoms with Crippen molar-refractivity contribution in [1.82, 2.24) is 0 Å². The normalized spacial score (nSPS) is 10.3. The molecule has 0 bridgehead atoms. The Labute approximate surface area is 109 Å². The van der Waals surface area contributed by atoms with E-state index < -0.39 is 0 Å². The van der Waals surface area contributed by atoms with Crippen LogP contribution in [0.15, 0.2) is 46.9 Å². The zero-order valence-electron chi connectivity index (χ0n) is 9.50. The molecule has 0 amide bonds. The highest BCUT2D eigenvalue weighted by Crippen LogP contribution is 2.21. The highest BCUT2D eigenvalue weighted by Gasteiger charge is 2.02. The molecule has 2 aromatic carbocycles. The molecule has 88 valence electrons. The smallest absolute Gasteiger partial charge is 0.128 e. The fourth-order valence-electron chi connectivity index (χ4n) is 1.62. The van der Waals surface area contributed by atoms with Gasteiger partial charge < -0.3 is 5.32 Å². The van der Waals surface area contributed by atoms with Crippen LogP contribution in [-0.4, -0.2) is 0 Å². The van der Waals surface area contributed by atoms with Gasteiger partial charge >= 0.3 is 0 Å². The lowest BCUT2D eigenvalue weighted by Gasteiger charge is -2.10. The number of aryl methyl sites for hydroxylation is 1. The Bertz CT molecular complexity index is 525. The van der Waals surface area contributed by atoms with Gasteiger partial charge in [0.15, 0.2) is 0 Å². The van der Waals surface area contributed by atoms with Gasteiger partial charge in [-0.3, -0.25) is 0 Å². The van der Waals surface area contributed by atoms with Gasteiger partial charge in [0.2, 0.25) is 0 Å². The van der Waals surface area contributed by atoms with Gasteiger partial charge in [0, 0.05) is 22.3 Å². The van der Waals surface area contributed by atoms with Crippen molar-refractivity contribution >= 4 is 21.6 Å². The summed E-state index contributed by atoms with van der Waals surface area (Å²) in [5.74, 6) is -0.173. The van der Waals surface area contributed by atoms with Crippen LogP contribution in [0.3, 0.4) is 0 Å². The number of hydrogen-bond donors (Lipinski definition) is 1. The molecule has 2 rings (SSSR count). The number of anilines is 1. The lowest BCUT2D eigenvalue weighted by atomic mass is 10.1. The summed E-state index contributed by atoms with van der Waals surface area (Å²) in [6, 6.07) is 12.8. The molecule has 0 saturated carbocycles. The molecule has 2 aromatic rings. The third kappa shape index (κ3) is 3.07. The molecule has 0 aliphatic rings. The standard InChI is InChI=1S/C14H13BrFN/c1-10-6-7-12(15)8-14(10)17-9-11-4-2-3-5-13(11)16/h2-8,17H,9H2,1H3. The van der Waals surface area contributed by atoms with E-state index in [1.165, 1.54) is 6.07 Å². The second-order valence-corrected chi connectivity index (χ2v) is 4.82. The second kappa shape index (κ2) is 5.32. The van der Waals surface area contributed by atoms with E-state index in [9.17, 15) is 4.39 Å². The van der Waals surface area contributed by atoms with Gasteiger partial charge in [0.25, 0.3) is 0 Å². The van der Waals surface area contributed by atoms with Crippen LogP contribution >= 0.6 is 15.9 Å². The van der Waals surface area contributed by atoms with Crippen LogP contribution in [0, 0.1) is 12.7 Å². The van der Waals surface area contributed by atoms with Crippen molar-refractivity contribution in [3.8, 4) is 0 Å². The SMILES string of the molecule is Cc1ccc(Br)cc1NCc1ccccc1F. The first-order chi connectivity index (χ1) is 8.16. The lowest BCUT2D eigenvalue weighted by Crippen LogP contribution is -2.02. The summed E-state index contributed by atoms with van der Waals surface area (Å²) < 4.78 is 14.4. The van der Waals surface area contributed by atoms with Gasteiger partial charge in [-0.1, -0.05) is 40.2 Å². The van der Waals surface area contributed by atoms with E-state index in [2.05, 4.69) is 21.2 Å². The van der Waals surface area contributed by atoms with Crippen LogP contribution in [0.4, 0.5) is 10.1 Å². The zero-order valence-corrected chi connectivity index (χ0v) is 11.1. The number of hydrogen-bond acceptors (Lipinski definition) is 1. The van der Waals surface area contributed by atoms with Crippen molar-refractivity contribution in [3.05, 3.63) is 63.9 Å². The molecule has 0 aliphatic heterocycles. The fourth-order valence-corrected chi connectivity index (χ4v) is 1.98. The highest BCUT2D eigenvalue weighted by molar-refractivity contribution is 9.10. The first-order valence-electron chi connectivity index (χ1n) is 5.40. The minimum absolute atomic E-state index is 0.173. The number of nitrogens with one attached hydrogen (secondary N) is 1. The molecule has 0 radical (unpaired) electrons. The quantitative estimate of drug-likeness (QED) is 0.878. The number of benzene rings is 2. The Morgan fingerprint density at radius 2 is 1.94 bits per heavy atom.